The number of rotatable bonds is 1. The molecule has 1 aliphatic rings. The summed E-state index contributed by atoms with van der Waals surface area (Å²) in [5, 5.41) is 0.797. The summed E-state index contributed by atoms with van der Waals surface area (Å²) in [6.45, 7) is 0. The Morgan fingerprint density at radius 3 is 2.50 bits per heavy atom. The molecule has 0 N–H and O–H groups in total. The number of benzene rings is 1. The van der Waals surface area contributed by atoms with E-state index >= 15 is 0 Å². The molecule has 0 heterocycles. The highest BCUT2D eigenvalue weighted by Crippen LogP contribution is 2.28. The third-order valence-corrected chi connectivity index (χ3v) is 3.19. The molecule has 0 nitrogen and oxygen atoms in total. The zero-order valence-electron chi connectivity index (χ0n) is 7.58. The lowest BCUT2D eigenvalue weighted by Gasteiger charge is -2.14. The monoisotopic (exact) mass is 268 g/mol. The van der Waals surface area contributed by atoms with Gasteiger partial charge in [-0.3, -0.25) is 0 Å². The highest BCUT2D eigenvalue weighted by Gasteiger charge is 2.09. The Balaban J connectivity index is 2.18. The molecule has 0 amide bonds. The van der Waals surface area contributed by atoms with Gasteiger partial charge in [-0.1, -0.05) is 57.9 Å². The first-order chi connectivity index (χ1) is 6.75. The quantitative estimate of drug-likeness (QED) is 0.695. The van der Waals surface area contributed by atoms with Gasteiger partial charge < -0.3 is 0 Å². The molecule has 14 heavy (non-hydrogen) atoms. The van der Waals surface area contributed by atoms with Crippen molar-refractivity contribution in [3.63, 3.8) is 0 Å². The Morgan fingerprint density at radius 1 is 1.21 bits per heavy atom. The van der Waals surface area contributed by atoms with Gasteiger partial charge in [0.15, 0.2) is 0 Å². The van der Waals surface area contributed by atoms with Crippen LogP contribution < -0.4 is 0 Å². The van der Waals surface area contributed by atoms with Gasteiger partial charge in [0.25, 0.3) is 0 Å². The van der Waals surface area contributed by atoms with E-state index in [4.69, 9.17) is 11.6 Å². The molecule has 0 aliphatic heterocycles. The maximum Gasteiger partial charge on any atom is 0.0406 e. The third-order valence-electron chi connectivity index (χ3n) is 2.35. The van der Waals surface area contributed by atoms with Crippen molar-refractivity contribution in [2.75, 3.05) is 0 Å². The molecule has 0 saturated carbocycles. The molecule has 0 radical (unpaired) electrons. The second-order valence-corrected chi connectivity index (χ2v) is 4.69. The van der Waals surface area contributed by atoms with Crippen LogP contribution in [-0.2, 0) is 0 Å². The number of allylic oxidation sites excluding steroid dienone is 4. The van der Waals surface area contributed by atoms with Crippen molar-refractivity contribution in [2.45, 2.75) is 12.3 Å². The molecular formula is C12H10BrCl. The summed E-state index contributed by atoms with van der Waals surface area (Å²) in [6, 6.07) is 8.06. The molecule has 1 aliphatic carbocycles. The maximum atomic E-state index is 5.84. The summed E-state index contributed by atoms with van der Waals surface area (Å²) < 4.78 is 1.17. The third kappa shape index (κ3) is 2.28. The maximum absolute atomic E-state index is 5.84. The Kier molecular flexibility index (Phi) is 3.09. The fourth-order valence-electron chi connectivity index (χ4n) is 1.55. The van der Waals surface area contributed by atoms with Crippen LogP contribution in [0.1, 0.15) is 17.9 Å². The van der Waals surface area contributed by atoms with E-state index in [1.54, 1.807) is 0 Å². The predicted octanol–water partition coefficient (Wildman–Crippen LogP) is 4.66. The van der Waals surface area contributed by atoms with Gasteiger partial charge in [-0.05, 0) is 24.1 Å². The van der Waals surface area contributed by atoms with Gasteiger partial charge in [-0.2, -0.15) is 0 Å². The summed E-state index contributed by atoms with van der Waals surface area (Å²) in [6.07, 6.45) is 7.56. The Bertz CT molecular complexity index is 376. The molecular weight excluding hydrogens is 259 g/mol. The minimum absolute atomic E-state index is 0.494. The van der Waals surface area contributed by atoms with Gasteiger partial charge in [0.05, 0.1) is 0 Å². The zero-order valence-corrected chi connectivity index (χ0v) is 9.92. The Hall–Kier alpha value is -0.530. The molecule has 0 spiro atoms. The molecule has 1 aromatic carbocycles. The van der Waals surface area contributed by atoms with Crippen LogP contribution in [0.3, 0.4) is 0 Å². The van der Waals surface area contributed by atoms with Crippen molar-refractivity contribution >= 4 is 27.5 Å². The van der Waals surface area contributed by atoms with E-state index in [-0.39, 0.29) is 0 Å². The van der Waals surface area contributed by atoms with E-state index in [2.05, 4.69) is 46.3 Å². The van der Waals surface area contributed by atoms with Crippen LogP contribution in [0.15, 0.2) is 47.0 Å². The first kappa shape index (κ1) is 10.0. The average molecular weight is 270 g/mol. The predicted molar refractivity (Wildman–Crippen MR) is 65.0 cm³/mol. The van der Waals surface area contributed by atoms with Crippen LogP contribution in [0.2, 0.25) is 5.02 Å². The van der Waals surface area contributed by atoms with E-state index in [9.17, 15) is 0 Å². The highest BCUT2D eigenvalue weighted by atomic mass is 79.9. The first-order valence-electron chi connectivity index (χ1n) is 4.55. The van der Waals surface area contributed by atoms with Gasteiger partial charge in [-0.25, -0.2) is 0 Å². The van der Waals surface area contributed by atoms with Crippen LogP contribution in [0.25, 0.3) is 0 Å². The second kappa shape index (κ2) is 4.33. The van der Waals surface area contributed by atoms with E-state index in [1.165, 1.54) is 10.0 Å². The number of halogens is 2. The average Bonchev–Trinajstić information content (AvgIpc) is 2.21. The molecule has 0 saturated heterocycles. The van der Waals surface area contributed by atoms with Crippen LogP contribution >= 0.6 is 27.5 Å². The van der Waals surface area contributed by atoms with Crippen molar-refractivity contribution < 1.29 is 0 Å². The highest BCUT2D eigenvalue weighted by molar-refractivity contribution is 9.11. The van der Waals surface area contributed by atoms with E-state index < -0.39 is 0 Å². The smallest absolute Gasteiger partial charge is 0.0406 e. The minimum Gasteiger partial charge on any atom is -0.0843 e. The van der Waals surface area contributed by atoms with Crippen molar-refractivity contribution in [1.82, 2.24) is 0 Å². The zero-order chi connectivity index (χ0) is 9.97. The standard InChI is InChI=1S/C12H10BrCl/c13-11-5-1-9(2-6-11)10-3-7-12(14)8-4-10/h1,3-9H,2H2. The Labute approximate surface area is 97.4 Å². The van der Waals surface area contributed by atoms with Crippen LogP contribution in [-0.4, -0.2) is 0 Å². The normalized spacial score (nSPS) is 20.7. The largest absolute Gasteiger partial charge is 0.0843 e. The summed E-state index contributed by atoms with van der Waals surface area (Å²) in [7, 11) is 0. The first-order valence-corrected chi connectivity index (χ1v) is 5.72. The fraction of sp³-hybridized carbons (Fsp3) is 0.167. The SMILES string of the molecule is Clc1ccc(C2C=CC(Br)=CC2)cc1. The van der Waals surface area contributed by atoms with Gasteiger partial charge in [-0.15, -0.1) is 0 Å². The summed E-state index contributed by atoms with van der Waals surface area (Å²) in [4.78, 5) is 0. The lowest BCUT2D eigenvalue weighted by molar-refractivity contribution is 0.852. The number of hydrogen-bond donors (Lipinski definition) is 0. The molecule has 2 heteroatoms. The molecule has 2 rings (SSSR count). The molecule has 1 unspecified atom stereocenters. The second-order valence-electron chi connectivity index (χ2n) is 3.34. The van der Waals surface area contributed by atoms with Gasteiger partial charge >= 0.3 is 0 Å². The lowest BCUT2D eigenvalue weighted by atomic mass is 9.93. The van der Waals surface area contributed by atoms with Crippen molar-refractivity contribution in [2.24, 2.45) is 0 Å². The van der Waals surface area contributed by atoms with Crippen molar-refractivity contribution in [3.8, 4) is 0 Å². The topological polar surface area (TPSA) is 0 Å². The molecule has 1 atom stereocenters. The van der Waals surface area contributed by atoms with Crippen molar-refractivity contribution in [3.05, 3.63) is 57.6 Å². The fourth-order valence-corrected chi connectivity index (χ4v) is 2.02. The van der Waals surface area contributed by atoms with E-state index in [1.807, 2.05) is 12.1 Å². The van der Waals surface area contributed by atoms with Crippen LogP contribution in [0.4, 0.5) is 0 Å². The van der Waals surface area contributed by atoms with Gasteiger partial charge in [0, 0.05) is 15.4 Å². The van der Waals surface area contributed by atoms with Crippen molar-refractivity contribution in [1.29, 1.82) is 0 Å². The van der Waals surface area contributed by atoms with Gasteiger partial charge in [0.1, 0.15) is 0 Å². The molecule has 0 aromatic heterocycles. The van der Waals surface area contributed by atoms with Crippen LogP contribution in [0, 0.1) is 0 Å². The van der Waals surface area contributed by atoms with E-state index in [0.29, 0.717) is 5.92 Å². The molecule has 0 bridgehead atoms. The number of hydrogen-bond acceptors (Lipinski definition) is 0. The summed E-state index contributed by atoms with van der Waals surface area (Å²) in [5.74, 6) is 0.494. The van der Waals surface area contributed by atoms with Crippen LogP contribution in [0.5, 0.6) is 0 Å². The molecule has 0 fully saturated rings. The summed E-state index contributed by atoms with van der Waals surface area (Å²) in [5.41, 5.74) is 1.32. The minimum atomic E-state index is 0.494. The Morgan fingerprint density at radius 2 is 1.93 bits per heavy atom. The molecule has 72 valence electrons. The van der Waals surface area contributed by atoms with E-state index in [0.717, 1.165) is 11.4 Å². The molecule has 1 aromatic rings. The van der Waals surface area contributed by atoms with Gasteiger partial charge in [0.2, 0.25) is 0 Å². The summed E-state index contributed by atoms with van der Waals surface area (Å²) >= 11 is 9.29. The lowest BCUT2D eigenvalue weighted by Crippen LogP contribution is -1.96.